The fraction of sp³-hybridized carbons (Fsp3) is 0.647. The first-order valence-electron chi connectivity index (χ1n) is 8.10. The minimum Gasteiger partial charge on any atom is -0.314 e. The van der Waals surface area contributed by atoms with Crippen LogP contribution in [0.2, 0.25) is 0 Å². The lowest BCUT2D eigenvalue weighted by atomic mass is 9.81. The van der Waals surface area contributed by atoms with E-state index in [-0.39, 0.29) is 0 Å². The summed E-state index contributed by atoms with van der Waals surface area (Å²) in [5.74, 6) is -1.50. The second-order valence-corrected chi connectivity index (χ2v) is 6.39. The molecule has 3 rings (SSSR count). The van der Waals surface area contributed by atoms with Gasteiger partial charge in [0.15, 0.2) is 11.6 Å². The van der Waals surface area contributed by atoms with Crippen molar-refractivity contribution in [3.8, 4) is 0 Å². The fourth-order valence-electron chi connectivity index (χ4n) is 4.04. The number of rotatable bonds is 4. The lowest BCUT2D eigenvalue weighted by molar-refractivity contribution is 0.0179. The minimum absolute atomic E-state index is 0.578. The molecule has 2 fully saturated rings. The van der Waals surface area contributed by atoms with Crippen LogP contribution in [0.5, 0.6) is 0 Å². The molecule has 1 N–H and O–H groups in total. The summed E-state index contributed by atoms with van der Waals surface area (Å²) in [6.07, 6.45) is 6.09. The lowest BCUT2D eigenvalue weighted by Crippen LogP contribution is -2.55. The summed E-state index contributed by atoms with van der Waals surface area (Å²) in [4.78, 5) is 2.52. The summed E-state index contributed by atoms with van der Waals surface area (Å²) < 4.78 is 26.4. The summed E-state index contributed by atoms with van der Waals surface area (Å²) >= 11 is 0. The number of piperidine rings is 2. The molecule has 0 saturated carbocycles. The van der Waals surface area contributed by atoms with Gasteiger partial charge in [-0.1, -0.05) is 19.4 Å². The van der Waals surface area contributed by atoms with Gasteiger partial charge in [0.05, 0.1) is 0 Å². The second-order valence-electron chi connectivity index (χ2n) is 6.39. The Morgan fingerprint density at radius 3 is 2.48 bits per heavy atom. The van der Waals surface area contributed by atoms with Crippen LogP contribution in [-0.4, -0.2) is 29.6 Å². The third-order valence-corrected chi connectivity index (χ3v) is 4.97. The quantitative estimate of drug-likeness (QED) is 0.915. The third-order valence-electron chi connectivity index (χ3n) is 4.97. The van der Waals surface area contributed by atoms with E-state index in [9.17, 15) is 8.78 Å². The molecular weight excluding hydrogens is 270 g/mol. The highest BCUT2D eigenvalue weighted by Gasteiger charge is 2.37. The van der Waals surface area contributed by atoms with Gasteiger partial charge in [-0.05, 0) is 49.9 Å². The molecule has 2 heterocycles. The zero-order valence-electron chi connectivity index (χ0n) is 12.6. The first kappa shape index (κ1) is 14.9. The van der Waals surface area contributed by atoms with Crippen molar-refractivity contribution in [2.75, 3.05) is 6.54 Å². The van der Waals surface area contributed by atoms with E-state index in [0.717, 1.165) is 18.7 Å². The molecule has 2 unspecified atom stereocenters. The van der Waals surface area contributed by atoms with Crippen LogP contribution in [0.25, 0.3) is 0 Å². The molecule has 0 aromatic heterocycles. The number of hydrogen-bond donors (Lipinski definition) is 1. The molecule has 0 spiro atoms. The Hall–Kier alpha value is -1.00. The summed E-state index contributed by atoms with van der Waals surface area (Å²) in [5.41, 5.74) is 0.882. The Labute approximate surface area is 125 Å². The molecule has 2 nitrogen and oxygen atoms in total. The molecule has 2 aliphatic heterocycles. The highest BCUT2D eigenvalue weighted by atomic mass is 19.2. The molecule has 4 heteroatoms. The van der Waals surface area contributed by atoms with Crippen LogP contribution >= 0.6 is 0 Å². The number of halogens is 2. The van der Waals surface area contributed by atoms with Crippen LogP contribution in [-0.2, 0) is 6.54 Å². The van der Waals surface area contributed by atoms with Crippen molar-refractivity contribution in [1.29, 1.82) is 0 Å². The van der Waals surface area contributed by atoms with Crippen molar-refractivity contribution in [2.24, 2.45) is 0 Å². The van der Waals surface area contributed by atoms with E-state index in [4.69, 9.17) is 0 Å². The molecule has 21 heavy (non-hydrogen) atoms. The summed E-state index contributed by atoms with van der Waals surface area (Å²) in [7, 11) is 0. The highest BCUT2D eigenvalue weighted by Crippen LogP contribution is 2.35. The van der Waals surface area contributed by atoms with E-state index in [1.54, 1.807) is 6.07 Å². The maximum atomic E-state index is 13.4. The molecule has 1 aromatic rings. The highest BCUT2D eigenvalue weighted by molar-refractivity contribution is 5.18. The number of hydrogen-bond acceptors (Lipinski definition) is 2. The normalized spacial score (nSPS) is 29.6. The summed E-state index contributed by atoms with van der Waals surface area (Å²) in [6, 6.07) is 6.08. The molecule has 2 bridgehead atoms. The largest absolute Gasteiger partial charge is 0.314 e. The van der Waals surface area contributed by atoms with Gasteiger partial charge < -0.3 is 5.32 Å². The smallest absolute Gasteiger partial charge is 0.159 e. The van der Waals surface area contributed by atoms with Gasteiger partial charge in [-0.25, -0.2) is 8.78 Å². The number of nitrogens with one attached hydrogen (secondary N) is 1. The van der Waals surface area contributed by atoms with Crippen LogP contribution in [0.4, 0.5) is 8.78 Å². The van der Waals surface area contributed by atoms with E-state index in [1.165, 1.54) is 44.2 Å². The zero-order valence-corrected chi connectivity index (χ0v) is 12.6. The van der Waals surface area contributed by atoms with Gasteiger partial charge in [0.25, 0.3) is 0 Å². The topological polar surface area (TPSA) is 15.3 Å². The average Bonchev–Trinajstić information content (AvgIpc) is 2.44. The molecule has 116 valence electrons. The third kappa shape index (κ3) is 3.27. The molecule has 0 aliphatic carbocycles. The van der Waals surface area contributed by atoms with Crippen LogP contribution in [0.1, 0.15) is 44.6 Å². The SMILES string of the molecule is CCNC1CC2CCCC(C1)N2Cc1ccc(F)c(F)c1. The Balaban J connectivity index is 1.71. The van der Waals surface area contributed by atoms with Crippen LogP contribution in [0, 0.1) is 11.6 Å². The van der Waals surface area contributed by atoms with Crippen LogP contribution in [0.15, 0.2) is 18.2 Å². The molecule has 2 atom stereocenters. The van der Waals surface area contributed by atoms with E-state index < -0.39 is 11.6 Å². The summed E-state index contributed by atoms with van der Waals surface area (Å²) in [5, 5.41) is 3.58. The first-order valence-corrected chi connectivity index (χ1v) is 8.10. The second kappa shape index (κ2) is 6.41. The maximum Gasteiger partial charge on any atom is 0.159 e. The standard InChI is InChI=1S/C17H24F2N2/c1-2-20-13-9-14-4-3-5-15(10-13)21(14)11-12-6-7-16(18)17(19)8-12/h6-8,13-15,20H,2-5,9-11H2,1H3. The van der Waals surface area contributed by atoms with Crippen molar-refractivity contribution in [1.82, 2.24) is 10.2 Å². The van der Waals surface area contributed by atoms with Crippen molar-refractivity contribution < 1.29 is 8.78 Å². The van der Waals surface area contributed by atoms with Gasteiger partial charge in [0.2, 0.25) is 0 Å². The van der Waals surface area contributed by atoms with E-state index in [2.05, 4.69) is 17.1 Å². The number of benzene rings is 1. The van der Waals surface area contributed by atoms with E-state index >= 15 is 0 Å². The number of fused-ring (bicyclic) bond motifs is 2. The van der Waals surface area contributed by atoms with Crippen molar-refractivity contribution in [3.63, 3.8) is 0 Å². The van der Waals surface area contributed by atoms with Gasteiger partial charge >= 0.3 is 0 Å². The first-order chi connectivity index (χ1) is 10.2. The zero-order chi connectivity index (χ0) is 14.8. The molecule has 2 aliphatic rings. The number of nitrogens with zero attached hydrogens (tertiary/aromatic N) is 1. The molecule has 0 radical (unpaired) electrons. The Morgan fingerprint density at radius 1 is 1.14 bits per heavy atom. The Bertz CT molecular complexity index is 478. The van der Waals surface area contributed by atoms with Crippen LogP contribution < -0.4 is 5.32 Å². The predicted octanol–water partition coefficient (Wildman–Crippen LogP) is 3.46. The fourth-order valence-corrected chi connectivity index (χ4v) is 4.04. The van der Waals surface area contributed by atoms with Crippen LogP contribution in [0.3, 0.4) is 0 Å². The average molecular weight is 294 g/mol. The Kier molecular flexibility index (Phi) is 4.55. The monoisotopic (exact) mass is 294 g/mol. The summed E-state index contributed by atoms with van der Waals surface area (Å²) in [6.45, 7) is 3.92. The van der Waals surface area contributed by atoms with Gasteiger partial charge in [-0.3, -0.25) is 4.90 Å². The van der Waals surface area contributed by atoms with Crippen molar-refractivity contribution in [2.45, 2.75) is 63.7 Å². The maximum absolute atomic E-state index is 13.4. The van der Waals surface area contributed by atoms with Gasteiger partial charge in [0.1, 0.15) is 0 Å². The molecule has 1 aromatic carbocycles. The van der Waals surface area contributed by atoms with E-state index in [1.807, 2.05) is 0 Å². The van der Waals surface area contributed by atoms with Gasteiger partial charge in [0, 0.05) is 24.7 Å². The Morgan fingerprint density at radius 2 is 1.86 bits per heavy atom. The molecular formula is C17H24F2N2. The van der Waals surface area contributed by atoms with Crippen molar-refractivity contribution >= 4 is 0 Å². The van der Waals surface area contributed by atoms with Gasteiger partial charge in [-0.2, -0.15) is 0 Å². The molecule has 2 saturated heterocycles. The van der Waals surface area contributed by atoms with Gasteiger partial charge in [-0.15, -0.1) is 0 Å². The van der Waals surface area contributed by atoms with E-state index in [0.29, 0.717) is 18.1 Å². The lowest BCUT2D eigenvalue weighted by Gasteiger charge is -2.49. The molecule has 0 amide bonds. The van der Waals surface area contributed by atoms with Crippen molar-refractivity contribution in [3.05, 3.63) is 35.4 Å². The minimum atomic E-state index is -0.759. The predicted molar refractivity (Wildman–Crippen MR) is 80.0 cm³/mol.